The predicted molar refractivity (Wildman–Crippen MR) is 79.0 cm³/mol. The molecule has 0 spiro atoms. The Labute approximate surface area is 115 Å². The first-order chi connectivity index (χ1) is 9.08. The van der Waals surface area contributed by atoms with Gasteiger partial charge in [0.15, 0.2) is 0 Å². The van der Waals surface area contributed by atoms with Crippen molar-refractivity contribution < 1.29 is 8.42 Å². The molecule has 1 aromatic carbocycles. The fourth-order valence-corrected chi connectivity index (χ4v) is 3.55. The molecule has 1 N–H and O–H groups in total. The summed E-state index contributed by atoms with van der Waals surface area (Å²) in [7, 11) is -3.35. The lowest BCUT2D eigenvalue weighted by Crippen LogP contribution is -2.36. The third-order valence-corrected chi connectivity index (χ3v) is 5.13. The molecular formula is C15H21NO2S. The molecule has 0 radical (unpaired) electrons. The Balaban J connectivity index is 2.08. The van der Waals surface area contributed by atoms with Gasteiger partial charge in [0.1, 0.15) is 0 Å². The van der Waals surface area contributed by atoms with Gasteiger partial charge in [0.2, 0.25) is 10.0 Å². The van der Waals surface area contributed by atoms with Crippen LogP contribution in [0.4, 0.5) is 0 Å². The fourth-order valence-electron chi connectivity index (χ4n) is 2.39. The molecule has 0 atom stereocenters. The van der Waals surface area contributed by atoms with Crippen LogP contribution in [0.15, 0.2) is 35.2 Å². The van der Waals surface area contributed by atoms with Gasteiger partial charge in [0.05, 0.1) is 4.91 Å². The minimum absolute atomic E-state index is 0.109. The van der Waals surface area contributed by atoms with Gasteiger partial charge >= 0.3 is 0 Å². The molecule has 1 aliphatic carbocycles. The second-order valence-corrected chi connectivity index (χ2v) is 7.01. The third kappa shape index (κ3) is 4.18. The molecule has 19 heavy (non-hydrogen) atoms. The number of sulfonamides is 1. The van der Waals surface area contributed by atoms with Crippen LogP contribution in [0.3, 0.4) is 0 Å². The highest BCUT2D eigenvalue weighted by atomic mass is 32.2. The van der Waals surface area contributed by atoms with E-state index in [9.17, 15) is 8.42 Å². The lowest BCUT2D eigenvalue weighted by molar-refractivity contribution is 0.413. The smallest absolute Gasteiger partial charge is 0.208 e. The number of hydrogen-bond acceptors (Lipinski definition) is 2. The van der Waals surface area contributed by atoms with Gasteiger partial charge in [-0.25, -0.2) is 13.1 Å². The van der Waals surface area contributed by atoms with Crippen LogP contribution in [0.1, 0.15) is 44.6 Å². The summed E-state index contributed by atoms with van der Waals surface area (Å²) in [5, 5.41) is 0. The Bertz CT molecular complexity index is 529. The van der Waals surface area contributed by atoms with Crippen LogP contribution in [0.25, 0.3) is 6.08 Å². The number of rotatable bonds is 4. The molecule has 3 nitrogen and oxygen atoms in total. The van der Waals surface area contributed by atoms with E-state index in [0.717, 1.165) is 31.2 Å². The topological polar surface area (TPSA) is 46.2 Å². The van der Waals surface area contributed by atoms with E-state index in [2.05, 4.69) is 4.72 Å². The van der Waals surface area contributed by atoms with E-state index in [1.165, 1.54) is 6.42 Å². The van der Waals surface area contributed by atoms with Gasteiger partial charge in [-0.1, -0.05) is 49.6 Å². The monoisotopic (exact) mass is 279 g/mol. The van der Waals surface area contributed by atoms with Crippen molar-refractivity contribution in [3.8, 4) is 0 Å². The van der Waals surface area contributed by atoms with Crippen molar-refractivity contribution in [1.29, 1.82) is 0 Å². The molecule has 1 aromatic rings. The summed E-state index contributed by atoms with van der Waals surface area (Å²) in [4.78, 5) is 0.379. The van der Waals surface area contributed by atoms with Gasteiger partial charge in [0.25, 0.3) is 0 Å². The van der Waals surface area contributed by atoms with Gasteiger partial charge in [-0.2, -0.15) is 0 Å². The van der Waals surface area contributed by atoms with Crippen molar-refractivity contribution in [2.75, 3.05) is 0 Å². The highest BCUT2D eigenvalue weighted by Crippen LogP contribution is 2.20. The molecule has 4 heteroatoms. The zero-order valence-electron chi connectivity index (χ0n) is 11.3. The summed E-state index contributed by atoms with van der Waals surface area (Å²) in [6, 6.07) is 9.64. The lowest BCUT2D eigenvalue weighted by Gasteiger charge is -2.22. The van der Waals surface area contributed by atoms with E-state index < -0.39 is 10.0 Å². The minimum Gasteiger partial charge on any atom is -0.208 e. The van der Waals surface area contributed by atoms with Crippen molar-refractivity contribution in [1.82, 2.24) is 4.72 Å². The summed E-state index contributed by atoms with van der Waals surface area (Å²) in [5.74, 6) is 0. The first-order valence-corrected chi connectivity index (χ1v) is 8.32. The molecule has 2 rings (SSSR count). The van der Waals surface area contributed by atoms with Crippen LogP contribution in [0, 0.1) is 0 Å². The van der Waals surface area contributed by atoms with E-state index in [4.69, 9.17) is 0 Å². The summed E-state index contributed by atoms with van der Waals surface area (Å²) in [6.45, 7) is 1.65. The average Bonchev–Trinajstić information content (AvgIpc) is 2.40. The van der Waals surface area contributed by atoms with Crippen LogP contribution in [-0.2, 0) is 10.0 Å². The molecule has 0 saturated heterocycles. The number of nitrogens with one attached hydrogen (secondary N) is 1. The molecule has 1 saturated carbocycles. The zero-order chi connectivity index (χ0) is 13.7. The number of allylic oxidation sites excluding steroid dienone is 1. The van der Waals surface area contributed by atoms with Gasteiger partial charge < -0.3 is 0 Å². The van der Waals surface area contributed by atoms with Crippen LogP contribution < -0.4 is 4.72 Å². The third-order valence-electron chi connectivity index (χ3n) is 3.52. The van der Waals surface area contributed by atoms with Crippen molar-refractivity contribution in [3.05, 3.63) is 40.8 Å². The molecule has 0 aliphatic heterocycles. The van der Waals surface area contributed by atoms with E-state index in [1.807, 2.05) is 30.3 Å². The summed E-state index contributed by atoms with van der Waals surface area (Å²) >= 11 is 0. The number of hydrogen-bond donors (Lipinski definition) is 1. The second-order valence-electron chi connectivity index (χ2n) is 5.12. The molecule has 104 valence electrons. The van der Waals surface area contributed by atoms with Crippen molar-refractivity contribution in [3.63, 3.8) is 0 Å². The molecule has 0 heterocycles. The van der Waals surface area contributed by atoms with Crippen molar-refractivity contribution in [2.45, 2.75) is 45.1 Å². The van der Waals surface area contributed by atoms with E-state index >= 15 is 0 Å². The van der Waals surface area contributed by atoms with Crippen molar-refractivity contribution >= 4 is 16.1 Å². The Morgan fingerprint density at radius 2 is 1.79 bits per heavy atom. The highest BCUT2D eigenvalue weighted by molar-refractivity contribution is 7.93. The molecule has 0 unspecified atom stereocenters. The number of benzene rings is 1. The highest BCUT2D eigenvalue weighted by Gasteiger charge is 2.21. The SMILES string of the molecule is C/C(=C\c1ccccc1)S(=O)(=O)NC1CCCCC1. The maximum absolute atomic E-state index is 12.2. The van der Waals surface area contributed by atoms with E-state index in [1.54, 1.807) is 13.0 Å². The van der Waals surface area contributed by atoms with Crippen LogP contribution in [0.5, 0.6) is 0 Å². The summed E-state index contributed by atoms with van der Waals surface area (Å²) < 4.78 is 27.3. The van der Waals surface area contributed by atoms with Gasteiger partial charge in [-0.15, -0.1) is 0 Å². The van der Waals surface area contributed by atoms with Gasteiger partial charge in [-0.05, 0) is 31.4 Å². The first-order valence-electron chi connectivity index (χ1n) is 6.83. The van der Waals surface area contributed by atoms with E-state index in [0.29, 0.717) is 4.91 Å². The maximum Gasteiger partial charge on any atom is 0.236 e. The van der Waals surface area contributed by atoms with Crippen LogP contribution in [0.2, 0.25) is 0 Å². The standard InChI is InChI=1S/C15H21NO2S/c1-13(12-14-8-4-2-5-9-14)19(17,18)16-15-10-6-3-7-11-15/h2,4-5,8-9,12,15-16H,3,6-7,10-11H2,1H3/b13-12+. The molecule has 0 amide bonds. The Morgan fingerprint density at radius 1 is 1.16 bits per heavy atom. The molecule has 1 aliphatic rings. The van der Waals surface area contributed by atoms with E-state index in [-0.39, 0.29) is 6.04 Å². The zero-order valence-corrected chi connectivity index (χ0v) is 12.1. The summed E-state index contributed by atoms with van der Waals surface area (Å²) in [5.41, 5.74) is 0.911. The Morgan fingerprint density at radius 3 is 2.42 bits per heavy atom. The maximum atomic E-state index is 12.2. The lowest BCUT2D eigenvalue weighted by atomic mass is 9.96. The van der Waals surface area contributed by atoms with Crippen molar-refractivity contribution in [2.24, 2.45) is 0 Å². The molecule has 0 aromatic heterocycles. The predicted octanol–water partition coefficient (Wildman–Crippen LogP) is 3.30. The second kappa shape index (κ2) is 6.35. The largest absolute Gasteiger partial charge is 0.236 e. The van der Waals surface area contributed by atoms with Crippen LogP contribution in [-0.4, -0.2) is 14.5 Å². The first kappa shape index (κ1) is 14.3. The average molecular weight is 279 g/mol. The fraction of sp³-hybridized carbons (Fsp3) is 0.467. The van der Waals surface area contributed by atoms with Gasteiger partial charge in [0, 0.05) is 6.04 Å². The van der Waals surface area contributed by atoms with Crippen LogP contribution >= 0.6 is 0 Å². The Hall–Kier alpha value is -1.13. The molecular weight excluding hydrogens is 258 g/mol. The quantitative estimate of drug-likeness (QED) is 0.919. The molecule has 0 bridgehead atoms. The Kier molecular flexibility index (Phi) is 4.77. The molecule has 1 fully saturated rings. The summed E-state index contributed by atoms with van der Waals surface area (Å²) in [6.07, 6.45) is 7.08. The normalized spacial score (nSPS) is 18.5. The minimum atomic E-state index is -3.35. The van der Waals surface area contributed by atoms with Gasteiger partial charge in [-0.3, -0.25) is 0 Å².